The second-order valence-electron chi connectivity index (χ2n) is 5.88. The second kappa shape index (κ2) is 8.45. The molecule has 2 N–H and O–H groups in total. The molecule has 0 aromatic heterocycles. The Balaban J connectivity index is 1.75. The molecule has 0 aliphatic rings. The lowest BCUT2D eigenvalue weighted by atomic mass is 10.0. The molecule has 1 unspecified atom stereocenters. The molecule has 2 nitrogen and oxygen atoms in total. The molecule has 0 saturated carbocycles. The molecule has 1 atom stereocenters. The van der Waals surface area contributed by atoms with Crippen LogP contribution in [0.1, 0.15) is 24.9 Å². The summed E-state index contributed by atoms with van der Waals surface area (Å²) in [5, 5.41) is 7.43. The summed E-state index contributed by atoms with van der Waals surface area (Å²) in [6, 6.07) is 29.2. The van der Waals surface area contributed by atoms with Crippen LogP contribution in [0.25, 0.3) is 11.1 Å². The zero-order chi connectivity index (χ0) is 17.5. The first kappa shape index (κ1) is 17.2. The molecule has 3 heteroatoms. The van der Waals surface area contributed by atoms with Gasteiger partial charge in [0.25, 0.3) is 0 Å². The van der Waals surface area contributed by atoms with Crippen molar-refractivity contribution >= 4 is 23.0 Å². The third-order valence-corrected chi connectivity index (χ3v) is 4.40. The lowest BCUT2D eigenvalue weighted by Gasteiger charge is -2.21. The maximum Gasteiger partial charge on any atom is 0.171 e. The third kappa shape index (κ3) is 4.46. The van der Waals surface area contributed by atoms with Crippen LogP contribution in [-0.2, 0) is 0 Å². The van der Waals surface area contributed by atoms with E-state index in [1.807, 2.05) is 36.4 Å². The van der Waals surface area contributed by atoms with Crippen molar-refractivity contribution in [1.82, 2.24) is 5.32 Å². The highest BCUT2D eigenvalue weighted by Gasteiger charge is 2.11. The number of thiocarbonyl (C=S) groups is 1. The van der Waals surface area contributed by atoms with Gasteiger partial charge in [0.2, 0.25) is 0 Å². The zero-order valence-corrected chi connectivity index (χ0v) is 15.1. The van der Waals surface area contributed by atoms with Crippen LogP contribution >= 0.6 is 12.2 Å². The van der Waals surface area contributed by atoms with Gasteiger partial charge < -0.3 is 10.6 Å². The van der Waals surface area contributed by atoms with Crippen molar-refractivity contribution in [3.8, 4) is 11.1 Å². The normalized spacial score (nSPS) is 11.6. The average Bonchev–Trinajstić information content (AvgIpc) is 2.68. The van der Waals surface area contributed by atoms with Gasteiger partial charge in [-0.25, -0.2) is 0 Å². The van der Waals surface area contributed by atoms with Crippen molar-refractivity contribution < 1.29 is 0 Å². The molecular formula is C22H22N2S. The number of benzene rings is 3. The minimum Gasteiger partial charge on any atom is -0.356 e. The van der Waals surface area contributed by atoms with Crippen molar-refractivity contribution in [3.63, 3.8) is 0 Å². The molecule has 3 aromatic carbocycles. The first-order valence-corrected chi connectivity index (χ1v) is 8.95. The van der Waals surface area contributed by atoms with E-state index in [-0.39, 0.29) is 6.04 Å². The summed E-state index contributed by atoms with van der Waals surface area (Å²) in [4.78, 5) is 0. The van der Waals surface area contributed by atoms with Gasteiger partial charge in [0, 0.05) is 11.3 Å². The largest absolute Gasteiger partial charge is 0.356 e. The van der Waals surface area contributed by atoms with Gasteiger partial charge in [-0.05, 0) is 35.8 Å². The second-order valence-corrected chi connectivity index (χ2v) is 6.29. The summed E-state index contributed by atoms with van der Waals surface area (Å²) in [6.45, 7) is 2.16. The first-order chi connectivity index (χ1) is 12.3. The Morgan fingerprint density at radius 2 is 1.44 bits per heavy atom. The van der Waals surface area contributed by atoms with E-state index in [0.717, 1.165) is 17.7 Å². The van der Waals surface area contributed by atoms with E-state index in [1.54, 1.807) is 0 Å². The fraction of sp³-hybridized carbons (Fsp3) is 0.136. The van der Waals surface area contributed by atoms with Crippen molar-refractivity contribution in [2.45, 2.75) is 19.4 Å². The van der Waals surface area contributed by atoms with E-state index in [0.29, 0.717) is 5.11 Å². The summed E-state index contributed by atoms with van der Waals surface area (Å²) < 4.78 is 0. The lowest BCUT2D eigenvalue weighted by molar-refractivity contribution is 0.629. The van der Waals surface area contributed by atoms with Crippen LogP contribution in [0.4, 0.5) is 5.69 Å². The maximum atomic E-state index is 5.57. The molecule has 3 rings (SSSR count). The highest BCUT2D eigenvalue weighted by atomic mass is 32.1. The standard InChI is InChI=1S/C22H22N2S/c1-2-20(18-13-7-4-8-14-18)23-22(25)24-21-16-10-9-15-19(21)17-11-5-3-6-12-17/h3-16,20H,2H2,1H3,(H2,23,24,25). The monoisotopic (exact) mass is 346 g/mol. The third-order valence-electron chi connectivity index (χ3n) is 4.18. The van der Waals surface area contributed by atoms with Gasteiger partial charge in [-0.1, -0.05) is 85.8 Å². The smallest absolute Gasteiger partial charge is 0.171 e. The van der Waals surface area contributed by atoms with E-state index in [4.69, 9.17) is 12.2 Å². The average molecular weight is 346 g/mol. The van der Waals surface area contributed by atoms with Crippen molar-refractivity contribution in [2.75, 3.05) is 5.32 Å². The summed E-state index contributed by atoms with van der Waals surface area (Å²) in [7, 11) is 0. The lowest BCUT2D eigenvalue weighted by Crippen LogP contribution is -2.32. The van der Waals surface area contributed by atoms with Crippen LogP contribution in [0.2, 0.25) is 0 Å². The summed E-state index contributed by atoms with van der Waals surface area (Å²) in [6.07, 6.45) is 0.964. The summed E-state index contributed by atoms with van der Waals surface area (Å²) in [5.41, 5.74) is 4.56. The minimum atomic E-state index is 0.199. The molecule has 0 spiro atoms. The zero-order valence-electron chi connectivity index (χ0n) is 14.3. The summed E-state index contributed by atoms with van der Waals surface area (Å²) in [5.74, 6) is 0. The Labute approximate surface area is 154 Å². The van der Waals surface area contributed by atoms with Crippen molar-refractivity contribution in [1.29, 1.82) is 0 Å². The number of rotatable bonds is 5. The van der Waals surface area contributed by atoms with Crippen LogP contribution in [0.5, 0.6) is 0 Å². The van der Waals surface area contributed by atoms with Gasteiger partial charge >= 0.3 is 0 Å². The Morgan fingerprint density at radius 1 is 0.840 bits per heavy atom. The number of para-hydroxylation sites is 1. The van der Waals surface area contributed by atoms with E-state index in [9.17, 15) is 0 Å². The van der Waals surface area contributed by atoms with Gasteiger partial charge in [-0.2, -0.15) is 0 Å². The van der Waals surface area contributed by atoms with E-state index < -0.39 is 0 Å². The number of hydrogen-bond donors (Lipinski definition) is 2. The Bertz CT molecular complexity index is 816. The molecular weight excluding hydrogens is 324 g/mol. The molecule has 0 fully saturated rings. The molecule has 0 saturated heterocycles. The molecule has 0 aliphatic carbocycles. The molecule has 0 heterocycles. The Morgan fingerprint density at radius 3 is 2.12 bits per heavy atom. The molecule has 25 heavy (non-hydrogen) atoms. The Hall–Kier alpha value is -2.65. The molecule has 126 valence electrons. The number of anilines is 1. The van der Waals surface area contributed by atoms with Crippen LogP contribution in [-0.4, -0.2) is 5.11 Å². The van der Waals surface area contributed by atoms with Gasteiger partial charge in [0.1, 0.15) is 0 Å². The first-order valence-electron chi connectivity index (χ1n) is 8.55. The van der Waals surface area contributed by atoms with Gasteiger partial charge in [-0.15, -0.1) is 0 Å². The van der Waals surface area contributed by atoms with Crippen LogP contribution in [0, 0.1) is 0 Å². The van der Waals surface area contributed by atoms with Crippen LogP contribution < -0.4 is 10.6 Å². The molecule has 0 amide bonds. The van der Waals surface area contributed by atoms with E-state index in [1.165, 1.54) is 11.1 Å². The van der Waals surface area contributed by atoms with Crippen molar-refractivity contribution in [2.24, 2.45) is 0 Å². The molecule has 0 radical (unpaired) electrons. The predicted octanol–water partition coefficient (Wildman–Crippen LogP) is 5.79. The van der Waals surface area contributed by atoms with Gasteiger partial charge in [0.15, 0.2) is 5.11 Å². The van der Waals surface area contributed by atoms with Crippen LogP contribution in [0.15, 0.2) is 84.9 Å². The fourth-order valence-electron chi connectivity index (χ4n) is 2.88. The van der Waals surface area contributed by atoms with Crippen LogP contribution in [0.3, 0.4) is 0 Å². The fourth-order valence-corrected chi connectivity index (χ4v) is 3.14. The van der Waals surface area contributed by atoms with E-state index >= 15 is 0 Å². The maximum absolute atomic E-state index is 5.57. The van der Waals surface area contributed by atoms with E-state index in [2.05, 4.69) is 66.1 Å². The number of hydrogen-bond acceptors (Lipinski definition) is 1. The minimum absolute atomic E-state index is 0.199. The summed E-state index contributed by atoms with van der Waals surface area (Å²) >= 11 is 5.57. The molecule has 0 aliphatic heterocycles. The quantitative estimate of drug-likeness (QED) is 0.572. The van der Waals surface area contributed by atoms with Gasteiger partial charge in [-0.3, -0.25) is 0 Å². The highest BCUT2D eigenvalue weighted by molar-refractivity contribution is 7.80. The predicted molar refractivity (Wildman–Crippen MR) is 111 cm³/mol. The van der Waals surface area contributed by atoms with Gasteiger partial charge in [0.05, 0.1) is 6.04 Å². The molecule has 0 bridgehead atoms. The topological polar surface area (TPSA) is 24.1 Å². The molecule has 3 aromatic rings. The van der Waals surface area contributed by atoms with Crippen molar-refractivity contribution in [3.05, 3.63) is 90.5 Å². The Kier molecular flexibility index (Phi) is 5.81. The highest BCUT2D eigenvalue weighted by Crippen LogP contribution is 2.27. The number of nitrogens with one attached hydrogen (secondary N) is 2. The SMILES string of the molecule is CCC(NC(=S)Nc1ccccc1-c1ccccc1)c1ccccc1.